The van der Waals surface area contributed by atoms with Crippen LogP contribution in [0.4, 0.5) is 0 Å². The molecule has 72 valence electrons. The van der Waals surface area contributed by atoms with Crippen LogP contribution in [0.2, 0.25) is 0 Å². The highest BCUT2D eigenvalue weighted by Gasteiger charge is 2.46. The number of hydrogen-bond acceptors (Lipinski definition) is 5. The maximum absolute atomic E-state index is 9.62. The molecule has 0 aromatic carbocycles. The summed E-state index contributed by atoms with van der Waals surface area (Å²) in [7, 11) is -0.704. The monoisotopic (exact) mass is 196 g/mol. The Balaban J connectivity index is 2.59. The lowest BCUT2D eigenvalue weighted by atomic mass is 10.00. The molecule has 2 unspecified atom stereocenters. The van der Waals surface area contributed by atoms with Gasteiger partial charge in [0.25, 0.3) is 0 Å². The van der Waals surface area contributed by atoms with E-state index in [0.29, 0.717) is 0 Å². The molecule has 12 heavy (non-hydrogen) atoms. The molecule has 1 fully saturated rings. The van der Waals surface area contributed by atoms with Crippen molar-refractivity contribution in [1.82, 2.24) is 0 Å². The van der Waals surface area contributed by atoms with E-state index in [1.807, 2.05) is 0 Å². The summed E-state index contributed by atoms with van der Waals surface area (Å²) >= 11 is 0. The first-order valence-corrected chi connectivity index (χ1v) is 4.47. The molecule has 5 nitrogen and oxygen atoms in total. The Morgan fingerprint density at radius 1 is 1.75 bits per heavy atom. The quantitative estimate of drug-likeness (QED) is 0.505. The van der Waals surface area contributed by atoms with Crippen molar-refractivity contribution in [2.24, 2.45) is 0 Å². The second-order valence-corrected chi connectivity index (χ2v) is 3.44. The van der Waals surface area contributed by atoms with Gasteiger partial charge in [-0.05, 0) is 6.92 Å². The Kier molecular flexibility index (Phi) is 3.40. The summed E-state index contributed by atoms with van der Waals surface area (Å²) in [4.78, 5) is 8.53. The number of aliphatic hydroxyl groups is 2. The highest BCUT2D eigenvalue weighted by atomic mass is 31.1. The lowest BCUT2D eigenvalue weighted by Gasteiger charge is -2.24. The van der Waals surface area contributed by atoms with Crippen LogP contribution in [-0.4, -0.2) is 46.1 Å². The Bertz CT molecular complexity index is 151. The van der Waals surface area contributed by atoms with Crippen LogP contribution in [0.25, 0.3) is 0 Å². The van der Waals surface area contributed by atoms with Gasteiger partial charge in [-0.1, -0.05) is 0 Å². The fourth-order valence-corrected chi connectivity index (χ4v) is 1.77. The maximum Gasteiger partial charge on any atom is 0.152 e. The van der Waals surface area contributed by atoms with Crippen molar-refractivity contribution in [3.8, 4) is 0 Å². The first-order chi connectivity index (χ1) is 5.61. The van der Waals surface area contributed by atoms with Gasteiger partial charge in [0, 0.05) is 0 Å². The minimum atomic E-state index is -1.12. The van der Waals surface area contributed by atoms with Gasteiger partial charge in [0.05, 0.1) is 13.2 Å². The van der Waals surface area contributed by atoms with Crippen LogP contribution in [0.5, 0.6) is 0 Å². The Morgan fingerprint density at radius 3 is 2.92 bits per heavy atom. The predicted octanol–water partition coefficient (Wildman–Crippen LogP) is -0.986. The summed E-state index contributed by atoms with van der Waals surface area (Å²) in [6.45, 7) is 1.45. The summed E-state index contributed by atoms with van der Waals surface area (Å²) < 4.78 is 9.92. The fraction of sp³-hybridized carbons (Fsp3) is 1.00. The first kappa shape index (κ1) is 10.3. The third kappa shape index (κ3) is 1.93. The van der Waals surface area contributed by atoms with Crippen LogP contribution in [0.15, 0.2) is 0 Å². The number of rotatable bonds is 3. The Hall–Kier alpha value is 0.230. The van der Waals surface area contributed by atoms with E-state index in [9.17, 15) is 5.11 Å². The minimum Gasteiger partial charge on any atom is -0.394 e. The van der Waals surface area contributed by atoms with E-state index in [4.69, 9.17) is 19.3 Å². The van der Waals surface area contributed by atoms with Crippen molar-refractivity contribution >= 4 is 9.03 Å². The van der Waals surface area contributed by atoms with Crippen LogP contribution < -0.4 is 0 Å². The van der Waals surface area contributed by atoms with Crippen LogP contribution in [0.3, 0.4) is 0 Å². The molecule has 0 amide bonds. The van der Waals surface area contributed by atoms with Crippen molar-refractivity contribution in [3.63, 3.8) is 0 Å². The first-order valence-electron chi connectivity index (χ1n) is 3.61. The average Bonchev–Trinajstić information content (AvgIpc) is 2.29. The molecule has 0 aliphatic carbocycles. The van der Waals surface area contributed by atoms with Crippen molar-refractivity contribution in [3.05, 3.63) is 0 Å². The van der Waals surface area contributed by atoms with Gasteiger partial charge >= 0.3 is 0 Å². The SMILES string of the molecule is C[C@@]1(O)CO[C@H](CO)C1OPO. The number of ether oxygens (including phenoxy) is 1. The Morgan fingerprint density at radius 2 is 2.42 bits per heavy atom. The summed E-state index contributed by atoms with van der Waals surface area (Å²) in [6.07, 6.45) is -1.19. The van der Waals surface area contributed by atoms with Crippen molar-refractivity contribution in [2.45, 2.75) is 24.7 Å². The van der Waals surface area contributed by atoms with E-state index < -0.39 is 26.8 Å². The minimum absolute atomic E-state index is 0.118. The molecule has 0 saturated carbocycles. The van der Waals surface area contributed by atoms with Crippen molar-refractivity contribution in [2.75, 3.05) is 13.2 Å². The van der Waals surface area contributed by atoms with Crippen LogP contribution in [-0.2, 0) is 9.26 Å². The molecular weight excluding hydrogens is 183 g/mol. The maximum atomic E-state index is 9.62. The molecule has 0 spiro atoms. The zero-order valence-corrected chi connectivity index (χ0v) is 7.73. The second kappa shape index (κ2) is 3.96. The van der Waals surface area contributed by atoms with Gasteiger partial charge < -0.3 is 24.4 Å². The number of hydrogen-bond donors (Lipinski definition) is 3. The molecule has 1 rings (SSSR count). The van der Waals surface area contributed by atoms with E-state index in [1.54, 1.807) is 6.92 Å². The Labute approximate surface area is 72.3 Å². The lowest BCUT2D eigenvalue weighted by molar-refractivity contribution is -0.0249. The van der Waals surface area contributed by atoms with Crippen molar-refractivity contribution in [1.29, 1.82) is 0 Å². The molecule has 3 N–H and O–H groups in total. The molecule has 4 atom stereocenters. The molecule has 6 heteroatoms. The molecule has 0 radical (unpaired) electrons. The van der Waals surface area contributed by atoms with E-state index in [-0.39, 0.29) is 13.2 Å². The molecule has 0 bridgehead atoms. The third-order valence-corrected chi connectivity index (χ3v) is 2.26. The molecule has 0 aromatic rings. The molecule has 1 saturated heterocycles. The van der Waals surface area contributed by atoms with E-state index in [0.717, 1.165) is 0 Å². The van der Waals surface area contributed by atoms with Gasteiger partial charge in [-0.2, -0.15) is 0 Å². The molecular formula is C6H13O5P. The molecule has 1 heterocycles. The van der Waals surface area contributed by atoms with Crippen molar-refractivity contribution < 1.29 is 24.4 Å². The average molecular weight is 196 g/mol. The highest BCUT2D eigenvalue weighted by Crippen LogP contribution is 2.30. The van der Waals surface area contributed by atoms with Crippen LogP contribution >= 0.6 is 9.03 Å². The van der Waals surface area contributed by atoms with Gasteiger partial charge in [0.2, 0.25) is 0 Å². The van der Waals surface area contributed by atoms with E-state index >= 15 is 0 Å². The largest absolute Gasteiger partial charge is 0.394 e. The van der Waals surface area contributed by atoms with Crippen LogP contribution in [0.1, 0.15) is 6.92 Å². The van der Waals surface area contributed by atoms with Crippen LogP contribution in [0, 0.1) is 0 Å². The summed E-state index contributed by atoms with van der Waals surface area (Å²) in [5.74, 6) is 0. The zero-order valence-electron chi connectivity index (χ0n) is 6.73. The fourth-order valence-electron chi connectivity index (χ4n) is 1.25. The summed E-state index contributed by atoms with van der Waals surface area (Å²) in [5.41, 5.74) is -1.12. The van der Waals surface area contributed by atoms with Gasteiger partial charge in [-0.3, -0.25) is 0 Å². The topological polar surface area (TPSA) is 79.2 Å². The highest BCUT2D eigenvalue weighted by molar-refractivity contribution is 7.25. The third-order valence-electron chi connectivity index (χ3n) is 1.90. The predicted molar refractivity (Wildman–Crippen MR) is 42.9 cm³/mol. The summed E-state index contributed by atoms with van der Waals surface area (Å²) in [6, 6.07) is 0. The summed E-state index contributed by atoms with van der Waals surface area (Å²) in [5, 5.41) is 18.4. The van der Waals surface area contributed by atoms with Gasteiger partial charge in [-0.25, -0.2) is 0 Å². The zero-order chi connectivity index (χ0) is 9.19. The molecule has 0 aromatic heterocycles. The number of aliphatic hydroxyl groups excluding tert-OH is 1. The molecule has 1 aliphatic heterocycles. The van der Waals surface area contributed by atoms with E-state index in [1.165, 1.54) is 0 Å². The normalized spacial score (nSPS) is 43.0. The second-order valence-electron chi connectivity index (χ2n) is 3.02. The smallest absolute Gasteiger partial charge is 0.152 e. The standard InChI is InChI=1S/C6H13O5P/c1-6(8)3-10-4(2-7)5(6)11-12-9/h4-5,7-9,12H,2-3H2,1H3/t4-,5?,6-/m1/s1. The van der Waals surface area contributed by atoms with Gasteiger partial charge in [0.15, 0.2) is 9.03 Å². The van der Waals surface area contributed by atoms with Gasteiger partial charge in [0.1, 0.15) is 17.8 Å². The lowest BCUT2D eigenvalue weighted by Crippen LogP contribution is -2.42. The van der Waals surface area contributed by atoms with Gasteiger partial charge in [-0.15, -0.1) is 0 Å². The van der Waals surface area contributed by atoms with E-state index in [2.05, 4.69) is 0 Å². The molecule has 1 aliphatic rings.